The second kappa shape index (κ2) is 10.6. The summed E-state index contributed by atoms with van der Waals surface area (Å²) in [4.78, 5) is 10.9. The van der Waals surface area contributed by atoms with E-state index in [1.807, 2.05) is 37.3 Å². The van der Waals surface area contributed by atoms with Crippen LogP contribution in [0.5, 0.6) is 5.75 Å². The van der Waals surface area contributed by atoms with E-state index in [2.05, 4.69) is 13.8 Å². The van der Waals surface area contributed by atoms with E-state index in [-0.39, 0.29) is 12.1 Å². The molecular weight excluding hydrogens is 228 g/mol. The summed E-state index contributed by atoms with van der Waals surface area (Å²) in [6.07, 6.45) is 1.53. The van der Waals surface area contributed by atoms with E-state index in [1.165, 1.54) is 6.42 Å². The van der Waals surface area contributed by atoms with E-state index in [4.69, 9.17) is 9.47 Å². The Hall–Kier alpha value is -1.51. The van der Waals surface area contributed by atoms with E-state index in [9.17, 15) is 4.79 Å². The van der Waals surface area contributed by atoms with Gasteiger partial charge in [0.15, 0.2) is 0 Å². The third-order valence-electron chi connectivity index (χ3n) is 1.85. The van der Waals surface area contributed by atoms with Crippen LogP contribution in [0.2, 0.25) is 0 Å². The summed E-state index contributed by atoms with van der Waals surface area (Å²) < 4.78 is 10.5. The average molecular weight is 252 g/mol. The molecule has 0 aliphatic heterocycles. The molecule has 0 aliphatic rings. The van der Waals surface area contributed by atoms with Gasteiger partial charge in [-0.25, -0.2) is 0 Å². The molecule has 0 bridgehead atoms. The van der Waals surface area contributed by atoms with Crippen LogP contribution in [0.4, 0.5) is 0 Å². The molecule has 0 fully saturated rings. The van der Waals surface area contributed by atoms with Crippen LogP contribution in [-0.4, -0.2) is 18.7 Å². The second-order valence-electron chi connectivity index (χ2n) is 3.99. The van der Waals surface area contributed by atoms with Gasteiger partial charge >= 0.3 is 5.97 Å². The predicted octanol–water partition coefficient (Wildman–Crippen LogP) is 3.82. The van der Waals surface area contributed by atoms with Gasteiger partial charge in [0.2, 0.25) is 0 Å². The molecule has 1 rings (SSSR count). The molecule has 1 aromatic carbocycles. The fraction of sp³-hybridized carbons (Fsp3) is 0.533. The zero-order valence-electron chi connectivity index (χ0n) is 11.8. The Kier molecular flexibility index (Phi) is 9.74. The van der Waals surface area contributed by atoms with Crippen molar-refractivity contribution in [1.82, 2.24) is 0 Å². The van der Waals surface area contributed by atoms with Gasteiger partial charge in [-0.15, -0.1) is 0 Å². The Morgan fingerprint density at radius 1 is 1.17 bits per heavy atom. The van der Waals surface area contributed by atoms with Crippen LogP contribution >= 0.6 is 0 Å². The molecule has 102 valence electrons. The monoisotopic (exact) mass is 252 g/mol. The van der Waals surface area contributed by atoms with Crippen LogP contribution in [0.3, 0.4) is 0 Å². The van der Waals surface area contributed by atoms with Gasteiger partial charge < -0.3 is 9.47 Å². The molecule has 0 aliphatic carbocycles. The Balaban J connectivity index is 0.000000873. The van der Waals surface area contributed by atoms with Crippen molar-refractivity contribution < 1.29 is 14.3 Å². The summed E-state index contributed by atoms with van der Waals surface area (Å²) in [5.41, 5.74) is 0. The highest BCUT2D eigenvalue weighted by Crippen LogP contribution is 2.10. The smallest absolute Gasteiger partial charge is 0.305 e. The molecule has 1 unspecified atom stereocenters. The van der Waals surface area contributed by atoms with Gasteiger partial charge in [0.25, 0.3) is 0 Å². The molecule has 0 heterocycles. The lowest BCUT2D eigenvalue weighted by molar-refractivity contribution is -0.145. The number of carbonyl (C=O) groups is 1. The summed E-state index contributed by atoms with van der Waals surface area (Å²) in [5.74, 6) is 0.594. The van der Waals surface area contributed by atoms with Gasteiger partial charge in [-0.2, -0.15) is 0 Å². The summed E-state index contributed by atoms with van der Waals surface area (Å²) in [6.45, 7) is 8.18. The summed E-state index contributed by atoms with van der Waals surface area (Å²) in [6, 6.07) is 9.48. The van der Waals surface area contributed by atoms with Crippen molar-refractivity contribution in [2.45, 2.75) is 46.6 Å². The molecule has 18 heavy (non-hydrogen) atoms. The van der Waals surface area contributed by atoms with Gasteiger partial charge in [0.1, 0.15) is 18.5 Å². The Bertz CT molecular complexity index is 309. The molecule has 3 heteroatoms. The minimum absolute atomic E-state index is 0.122. The summed E-state index contributed by atoms with van der Waals surface area (Å²) in [7, 11) is 0. The first-order valence-electron chi connectivity index (χ1n) is 6.51. The molecule has 0 amide bonds. The van der Waals surface area contributed by atoms with Crippen molar-refractivity contribution in [3.63, 3.8) is 0 Å². The van der Waals surface area contributed by atoms with Crippen molar-refractivity contribution >= 4 is 5.97 Å². The zero-order chi connectivity index (χ0) is 13.8. The van der Waals surface area contributed by atoms with Crippen LogP contribution in [0.25, 0.3) is 0 Å². The van der Waals surface area contributed by atoms with Gasteiger partial charge in [-0.3, -0.25) is 4.79 Å². The maximum Gasteiger partial charge on any atom is 0.305 e. The number of esters is 1. The summed E-state index contributed by atoms with van der Waals surface area (Å²) in [5, 5.41) is 0. The number of hydrogen-bond donors (Lipinski definition) is 0. The van der Waals surface area contributed by atoms with Crippen LogP contribution < -0.4 is 4.74 Å². The second-order valence-corrected chi connectivity index (χ2v) is 3.99. The fourth-order valence-electron chi connectivity index (χ4n) is 1.08. The van der Waals surface area contributed by atoms with Gasteiger partial charge in [-0.05, 0) is 19.1 Å². The Morgan fingerprint density at radius 2 is 1.72 bits per heavy atom. The van der Waals surface area contributed by atoms with Gasteiger partial charge in [0, 0.05) is 6.42 Å². The largest absolute Gasteiger partial charge is 0.487 e. The standard InChI is InChI=1S/C12H16O3.C3H8/c1-3-12(13)14-9-10(2)15-11-7-5-4-6-8-11;1-3-2/h4-8,10H,3,9H2,1-2H3;3H2,1-2H3. The predicted molar refractivity (Wildman–Crippen MR) is 73.7 cm³/mol. The topological polar surface area (TPSA) is 35.5 Å². The van der Waals surface area contributed by atoms with Gasteiger partial charge in [0.05, 0.1) is 0 Å². The number of benzene rings is 1. The molecule has 0 N–H and O–H groups in total. The zero-order valence-corrected chi connectivity index (χ0v) is 11.8. The van der Waals surface area contributed by atoms with Crippen molar-refractivity contribution in [1.29, 1.82) is 0 Å². The molecule has 3 nitrogen and oxygen atoms in total. The molecule has 0 radical (unpaired) electrons. The van der Waals surface area contributed by atoms with E-state index in [1.54, 1.807) is 6.92 Å². The molecule has 0 spiro atoms. The maximum atomic E-state index is 10.9. The third-order valence-corrected chi connectivity index (χ3v) is 1.85. The molecule has 1 atom stereocenters. The minimum Gasteiger partial charge on any atom is -0.487 e. The highest BCUT2D eigenvalue weighted by Gasteiger charge is 2.06. The first-order chi connectivity index (χ1) is 8.63. The van der Waals surface area contributed by atoms with Crippen LogP contribution in [0.15, 0.2) is 30.3 Å². The molecule has 0 saturated carbocycles. The third kappa shape index (κ3) is 8.62. The first kappa shape index (κ1) is 16.5. The van der Waals surface area contributed by atoms with E-state index < -0.39 is 0 Å². The van der Waals surface area contributed by atoms with E-state index >= 15 is 0 Å². The van der Waals surface area contributed by atoms with E-state index in [0.717, 1.165) is 5.75 Å². The highest BCUT2D eigenvalue weighted by molar-refractivity contribution is 5.68. The van der Waals surface area contributed by atoms with Crippen LogP contribution in [0, 0.1) is 0 Å². The normalized spacial score (nSPS) is 10.9. The number of rotatable bonds is 5. The van der Waals surface area contributed by atoms with Crippen molar-refractivity contribution in [3.8, 4) is 5.75 Å². The number of para-hydroxylation sites is 1. The lowest BCUT2D eigenvalue weighted by atomic mass is 10.3. The Labute approximate surface area is 110 Å². The SMILES string of the molecule is CCC.CCC(=O)OCC(C)Oc1ccccc1. The molecular formula is C15H24O3. The minimum atomic E-state index is -0.196. The molecule has 0 saturated heterocycles. The Morgan fingerprint density at radius 3 is 2.22 bits per heavy atom. The lowest BCUT2D eigenvalue weighted by Crippen LogP contribution is -2.21. The number of ether oxygens (including phenoxy) is 2. The molecule has 0 aromatic heterocycles. The quantitative estimate of drug-likeness (QED) is 0.747. The average Bonchev–Trinajstić information content (AvgIpc) is 2.38. The molecule has 1 aromatic rings. The summed E-state index contributed by atoms with van der Waals surface area (Å²) >= 11 is 0. The maximum absolute atomic E-state index is 10.9. The fourth-order valence-corrected chi connectivity index (χ4v) is 1.08. The van der Waals surface area contributed by atoms with Crippen LogP contribution in [0.1, 0.15) is 40.5 Å². The van der Waals surface area contributed by atoms with Gasteiger partial charge in [-0.1, -0.05) is 45.4 Å². The highest BCUT2D eigenvalue weighted by atomic mass is 16.6. The lowest BCUT2D eigenvalue weighted by Gasteiger charge is -2.14. The van der Waals surface area contributed by atoms with Crippen molar-refractivity contribution in [3.05, 3.63) is 30.3 Å². The van der Waals surface area contributed by atoms with Crippen molar-refractivity contribution in [2.24, 2.45) is 0 Å². The first-order valence-corrected chi connectivity index (χ1v) is 6.51. The van der Waals surface area contributed by atoms with Crippen LogP contribution in [-0.2, 0) is 9.53 Å². The van der Waals surface area contributed by atoms with Crippen molar-refractivity contribution in [2.75, 3.05) is 6.61 Å². The number of hydrogen-bond acceptors (Lipinski definition) is 3. The van der Waals surface area contributed by atoms with E-state index in [0.29, 0.717) is 13.0 Å². The number of carbonyl (C=O) groups excluding carboxylic acids is 1.